The zero-order valence-electron chi connectivity index (χ0n) is 11.8. The van der Waals surface area contributed by atoms with Crippen LogP contribution in [0.3, 0.4) is 0 Å². The number of carbonyl (C=O) groups excluding carboxylic acids is 6. The Balaban J connectivity index is 1.71. The first-order valence-electron chi connectivity index (χ1n) is 6.40. The van der Waals surface area contributed by atoms with Crippen LogP contribution in [0, 0.1) is 0 Å². The zero-order valence-corrected chi connectivity index (χ0v) is 13.5. The van der Waals surface area contributed by atoms with Gasteiger partial charge in [0.25, 0.3) is 16.4 Å². The fourth-order valence-electron chi connectivity index (χ4n) is 1.57. The average Bonchev–Trinajstić information content (AvgIpc) is 2.96. The first-order valence-corrected chi connectivity index (χ1v) is 8.04. The summed E-state index contributed by atoms with van der Waals surface area (Å²) < 4.78 is 0. The third-order valence-corrected chi connectivity index (χ3v) is 4.05. The molecule has 10 nitrogen and oxygen atoms in total. The van der Waals surface area contributed by atoms with Crippen molar-refractivity contribution >= 4 is 56.8 Å². The van der Waals surface area contributed by atoms with Crippen molar-refractivity contribution in [3.63, 3.8) is 0 Å². The molecular weight excluding hydrogens is 360 g/mol. The quantitative estimate of drug-likeness (QED) is 0.354. The lowest BCUT2D eigenvalue weighted by Gasteiger charge is -2.04. The van der Waals surface area contributed by atoms with Crippen LogP contribution in [-0.4, -0.2) is 46.4 Å². The number of amides is 5. The lowest BCUT2D eigenvalue weighted by atomic mass is 10.4. The van der Waals surface area contributed by atoms with Crippen molar-refractivity contribution < 1.29 is 28.8 Å². The van der Waals surface area contributed by atoms with Gasteiger partial charge >= 0.3 is 0 Å². The molecule has 0 saturated carbocycles. The van der Waals surface area contributed by atoms with Crippen molar-refractivity contribution in [3.05, 3.63) is 22.8 Å². The number of nitrogens with one attached hydrogen (secondary N) is 4. The van der Waals surface area contributed by atoms with Crippen LogP contribution in [0.4, 0.5) is 9.59 Å². The second kappa shape index (κ2) is 7.79. The lowest BCUT2D eigenvalue weighted by Crippen LogP contribution is -2.34. The van der Waals surface area contributed by atoms with Gasteiger partial charge in [-0.25, -0.2) is 0 Å². The maximum atomic E-state index is 11.5. The second-order valence-corrected chi connectivity index (χ2v) is 6.25. The van der Waals surface area contributed by atoms with Crippen molar-refractivity contribution in [2.24, 2.45) is 0 Å². The Bertz CT molecular complexity index is 654. The largest absolute Gasteiger partial charge is 0.351 e. The number of hydrogen-bond donors (Lipinski definition) is 4. The molecule has 0 aliphatic carbocycles. The number of carbonyl (C=O) groups is 6. The molecule has 0 unspecified atom stereocenters. The van der Waals surface area contributed by atoms with Crippen LogP contribution in [0.5, 0.6) is 0 Å². The molecule has 2 rings (SSSR count). The van der Waals surface area contributed by atoms with E-state index in [4.69, 9.17) is 0 Å². The topological polar surface area (TPSA) is 151 Å². The van der Waals surface area contributed by atoms with Crippen molar-refractivity contribution in [1.29, 1.82) is 0 Å². The number of thioether (sulfide) groups is 2. The number of hydrogen-bond acceptors (Lipinski definition) is 8. The standard InChI is InChI=1S/C12H10N4O6S2/c17-7(3-5-10(20)24-11(21)15-5)13-1-2-14-8(18)4-6-9(19)16-12(22)23-6/h3-4H,1-2H2,(H,13,17)(H,14,18)(H,15,21)(H,16,19,22)/b5-3-,6-4-. The van der Waals surface area contributed by atoms with E-state index in [1.807, 2.05) is 5.32 Å². The molecule has 4 N–H and O–H groups in total. The van der Waals surface area contributed by atoms with Crippen LogP contribution >= 0.6 is 23.5 Å². The van der Waals surface area contributed by atoms with Gasteiger partial charge in [-0.3, -0.25) is 34.1 Å². The normalized spacial score (nSPS) is 20.3. The number of imide groups is 1. The molecule has 0 aromatic carbocycles. The van der Waals surface area contributed by atoms with Gasteiger partial charge in [0, 0.05) is 37.0 Å². The number of rotatable bonds is 5. The summed E-state index contributed by atoms with van der Waals surface area (Å²) >= 11 is 1.08. The molecule has 0 aromatic heterocycles. The van der Waals surface area contributed by atoms with Crippen molar-refractivity contribution in [2.75, 3.05) is 13.1 Å². The van der Waals surface area contributed by atoms with E-state index >= 15 is 0 Å². The van der Waals surface area contributed by atoms with Crippen LogP contribution in [-0.2, 0) is 19.2 Å². The molecule has 2 fully saturated rings. The Labute approximate surface area is 143 Å². The molecular formula is C12H10N4O6S2. The predicted molar refractivity (Wildman–Crippen MR) is 84.4 cm³/mol. The van der Waals surface area contributed by atoms with Gasteiger partial charge in [-0.15, -0.1) is 0 Å². The monoisotopic (exact) mass is 370 g/mol. The fraction of sp³-hybridized carbons (Fsp3) is 0.167. The molecule has 0 atom stereocenters. The van der Waals surface area contributed by atoms with E-state index in [9.17, 15) is 28.8 Å². The van der Waals surface area contributed by atoms with Crippen molar-refractivity contribution in [1.82, 2.24) is 21.3 Å². The summed E-state index contributed by atoms with van der Waals surface area (Å²) in [4.78, 5) is 67.4. The molecule has 5 amide bonds. The second-order valence-electron chi connectivity index (χ2n) is 4.29. The summed E-state index contributed by atoms with van der Waals surface area (Å²) in [7, 11) is 0. The van der Waals surface area contributed by atoms with Crippen LogP contribution in [0.1, 0.15) is 0 Å². The third kappa shape index (κ3) is 4.96. The molecule has 126 valence electrons. The highest BCUT2D eigenvalue weighted by atomic mass is 32.2. The van der Waals surface area contributed by atoms with Gasteiger partial charge in [0.1, 0.15) is 5.70 Å². The minimum absolute atomic E-state index is 0.0146. The summed E-state index contributed by atoms with van der Waals surface area (Å²) in [5.41, 5.74) is -0.106. The van der Waals surface area contributed by atoms with Crippen molar-refractivity contribution in [3.8, 4) is 0 Å². The van der Waals surface area contributed by atoms with Gasteiger partial charge in [0.2, 0.25) is 16.9 Å². The Morgan fingerprint density at radius 2 is 1.46 bits per heavy atom. The molecule has 12 heteroatoms. The van der Waals surface area contributed by atoms with E-state index in [0.717, 1.165) is 12.2 Å². The Kier molecular flexibility index (Phi) is 5.76. The van der Waals surface area contributed by atoms with Gasteiger partial charge in [-0.2, -0.15) is 0 Å². The Morgan fingerprint density at radius 1 is 0.875 bits per heavy atom. The highest BCUT2D eigenvalue weighted by Crippen LogP contribution is 2.22. The summed E-state index contributed by atoms with van der Waals surface area (Å²) in [6, 6.07) is 0. The molecule has 0 spiro atoms. The smallest absolute Gasteiger partial charge is 0.291 e. The maximum Gasteiger partial charge on any atom is 0.291 e. The molecule has 0 radical (unpaired) electrons. The van der Waals surface area contributed by atoms with E-state index in [1.165, 1.54) is 0 Å². The van der Waals surface area contributed by atoms with Gasteiger partial charge in [0.05, 0.1) is 4.91 Å². The minimum Gasteiger partial charge on any atom is -0.351 e. The van der Waals surface area contributed by atoms with Gasteiger partial charge in [-0.1, -0.05) is 0 Å². The molecule has 2 saturated heterocycles. The molecule has 0 bridgehead atoms. The zero-order chi connectivity index (χ0) is 17.7. The predicted octanol–water partition coefficient (Wildman–Crippen LogP) is -1.05. The van der Waals surface area contributed by atoms with Crippen LogP contribution in [0.15, 0.2) is 22.8 Å². The van der Waals surface area contributed by atoms with Gasteiger partial charge < -0.3 is 16.0 Å². The first kappa shape index (κ1) is 17.7. The van der Waals surface area contributed by atoms with Gasteiger partial charge in [-0.05, 0) is 11.8 Å². The molecule has 2 aliphatic heterocycles. The summed E-state index contributed by atoms with van der Waals surface area (Å²) in [6.45, 7) is 0.123. The highest BCUT2D eigenvalue weighted by molar-refractivity contribution is 8.27. The first-order chi connectivity index (χ1) is 11.3. The third-order valence-electron chi connectivity index (χ3n) is 2.55. The van der Waals surface area contributed by atoms with Crippen LogP contribution < -0.4 is 21.3 Å². The minimum atomic E-state index is -0.638. The fourth-order valence-corrected chi connectivity index (χ4v) is 2.77. The van der Waals surface area contributed by atoms with E-state index in [-0.39, 0.29) is 23.7 Å². The van der Waals surface area contributed by atoms with Gasteiger partial charge in [0.15, 0.2) is 0 Å². The average molecular weight is 370 g/mol. The van der Waals surface area contributed by atoms with Crippen LogP contribution in [0.2, 0.25) is 0 Å². The van der Waals surface area contributed by atoms with Crippen molar-refractivity contribution in [2.45, 2.75) is 0 Å². The molecule has 2 aliphatic rings. The van der Waals surface area contributed by atoms with E-state index < -0.39 is 33.3 Å². The molecule has 0 aromatic rings. The summed E-state index contributed by atoms with van der Waals surface area (Å²) in [5, 5.41) is 7.41. The van der Waals surface area contributed by atoms with E-state index in [1.54, 1.807) is 0 Å². The summed E-state index contributed by atoms with van der Waals surface area (Å²) in [5.74, 6) is -1.84. The lowest BCUT2D eigenvalue weighted by molar-refractivity contribution is -0.118. The molecule has 24 heavy (non-hydrogen) atoms. The SMILES string of the molecule is O=C(/C=C1\NC(=O)SC1=O)NCCNC(=O)/C=C1\SC(=O)NC1=O. The Morgan fingerprint density at radius 3 is 1.96 bits per heavy atom. The van der Waals surface area contributed by atoms with E-state index in [0.29, 0.717) is 23.5 Å². The molecule has 2 heterocycles. The van der Waals surface area contributed by atoms with E-state index in [2.05, 4.69) is 16.0 Å². The Hall–Kier alpha value is -2.60. The summed E-state index contributed by atoms with van der Waals surface area (Å²) in [6.07, 6.45) is 1.94. The highest BCUT2D eigenvalue weighted by Gasteiger charge is 2.26. The maximum absolute atomic E-state index is 11.5. The van der Waals surface area contributed by atoms with Crippen LogP contribution in [0.25, 0.3) is 0 Å².